The lowest BCUT2D eigenvalue weighted by Gasteiger charge is -2.22. The minimum absolute atomic E-state index is 0.0374. The number of aliphatic hydroxyl groups is 1. The lowest BCUT2D eigenvalue weighted by Crippen LogP contribution is -2.33. The van der Waals surface area contributed by atoms with Crippen LogP contribution in [0.15, 0.2) is 30.3 Å². The monoisotopic (exact) mass is 249 g/mol. The SMILES string of the molecule is O=C(O)CCC1(O)CCN(Cc2ccccc2)C1. The molecule has 0 aromatic heterocycles. The first-order valence-corrected chi connectivity index (χ1v) is 6.28. The van der Waals surface area contributed by atoms with Gasteiger partial charge in [0.15, 0.2) is 0 Å². The van der Waals surface area contributed by atoms with E-state index in [-0.39, 0.29) is 6.42 Å². The number of carbonyl (C=O) groups is 1. The minimum atomic E-state index is -0.843. The molecule has 0 amide bonds. The van der Waals surface area contributed by atoms with Gasteiger partial charge in [0, 0.05) is 26.1 Å². The van der Waals surface area contributed by atoms with E-state index >= 15 is 0 Å². The van der Waals surface area contributed by atoms with E-state index in [0.717, 1.165) is 13.1 Å². The summed E-state index contributed by atoms with van der Waals surface area (Å²) in [5, 5.41) is 18.9. The lowest BCUT2D eigenvalue weighted by atomic mass is 9.97. The largest absolute Gasteiger partial charge is 0.481 e. The standard InChI is InChI=1S/C14H19NO3/c16-13(17)6-7-14(18)8-9-15(11-14)10-12-4-2-1-3-5-12/h1-5,18H,6-11H2,(H,16,17). The molecule has 98 valence electrons. The van der Waals surface area contributed by atoms with Crippen LogP contribution in [0.4, 0.5) is 0 Å². The molecule has 1 atom stereocenters. The second-order valence-corrected chi connectivity index (χ2v) is 5.06. The van der Waals surface area contributed by atoms with E-state index in [9.17, 15) is 9.90 Å². The van der Waals surface area contributed by atoms with Gasteiger partial charge in [0.25, 0.3) is 0 Å². The van der Waals surface area contributed by atoms with Crippen molar-refractivity contribution in [3.63, 3.8) is 0 Å². The van der Waals surface area contributed by atoms with Crippen molar-refractivity contribution < 1.29 is 15.0 Å². The van der Waals surface area contributed by atoms with Crippen molar-refractivity contribution in [3.8, 4) is 0 Å². The van der Waals surface area contributed by atoms with E-state index in [2.05, 4.69) is 17.0 Å². The summed E-state index contributed by atoms with van der Waals surface area (Å²) in [5.41, 5.74) is 0.396. The Hall–Kier alpha value is -1.39. The zero-order valence-corrected chi connectivity index (χ0v) is 10.4. The number of likely N-dealkylation sites (tertiary alicyclic amines) is 1. The Morgan fingerprint density at radius 2 is 2.06 bits per heavy atom. The molecule has 1 aliphatic rings. The van der Waals surface area contributed by atoms with Gasteiger partial charge in [-0.1, -0.05) is 30.3 Å². The van der Waals surface area contributed by atoms with Crippen molar-refractivity contribution in [1.82, 2.24) is 4.90 Å². The molecule has 0 radical (unpaired) electrons. The zero-order valence-electron chi connectivity index (χ0n) is 10.4. The van der Waals surface area contributed by atoms with Crippen LogP contribution in [0.5, 0.6) is 0 Å². The van der Waals surface area contributed by atoms with Crippen molar-refractivity contribution in [2.24, 2.45) is 0 Å². The Kier molecular flexibility index (Phi) is 3.99. The van der Waals surface area contributed by atoms with Crippen molar-refractivity contribution in [3.05, 3.63) is 35.9 Å². The predicted octanol–water partition coefficient (Wildman–Crippen LogP) is 1.49. The second kappa shape index (κ2) is 5.50. The highest BCUT2D eigenvalue weighted by molar-refractivity contribution is 5.66. The molecular formula is C14H19NO3. The second-order valence-electron chi connectivity index (χ2n) is 5.06. The van der Waals surface area contributed by atoms with Gasteiger partial charge in [-0.3, -0.25) is 9.69 Å². The number of nitrogens with zero attached hydrogens (tertiary/aromatic N) is 1. The Balaban J connectivity index is 1.86. The summed E-state index contributed by atoms with van der Waals surface area (Å²) in [4.78, 5) is 12.7. The van der Waals surface area contributed by atoms with E-state index < -0.39 is 11.6 Å². The number of carboxylic acid groups (broad SMARTS) is 1. The van der Waals surface area contributed by atoms with Gasteiger partial charge in [-0.2, -0.15) is 0 Å². The van der Waals surface area contributed by atoms with Crippen molar-refractivity contribution in [1.29, 1.82) is 0 Å². The van der Waals surface area contributed by atoms with Crippen LogP contribution < -0.4 is 0 Å². The number of hydrogen-bond donors (Lipinski definition) is 2. The maximum Gasteiger partial charge on any atom is 0.303 e. The highest BCUT2D eigenvalue weighted by Crippen LogP contribution is 2.27. The summed E-state index contributed by atoms with van der Waals surface area (Å²) < 4.78 is 0. The Morgan fingerprint density at radius 3 is 2.72 bits per heavy atom. The summed E-state index contributed by atoms with van der Waals surface area (Å²) in [5.74, 6) is -0.843. The van der Waals surface area contributed by atoms with Gasteiger partial charge in [0.2, 0.25) is 0 Å². The highest BCUT2D eigenvalue weighted by Gasteiger charge is 2.35. The first-order valence-electron chi connectivity index (χ1n) is 6.28. The normalized spacial score (nSPS) is 24.3. The molecule has 0 spiro atoms. The van der Waals surface area contributed by atoms with E-state index in [1.54, 1.807) is 0 Å². The number of benzene rings is 1. The van der Waals surface area contributed by atoms with Gasteiger partial charge in [0.1, 0.15) is 0 Å². The van der Waals surface area contributed by atoms with Crippen LogP contribution in [0.3, 0.4) is 0 Å². The maximum atomic E-state index is 10.5. The third-order valence-corrected chi connectivity index (χ3v) is 3.46. The maximum absolute atomic E-state index is 10.5. The van der Waals surface area contributed by atoms with Crippen LogP contribution in [-0.2, 0) is 11.3 Å². The van der Waals surface area contributed by atoms with Gasteiger partial charge < -0.3 is 10.2 Å². The third kappa shape index (κ3) is 3.55. The molecule has 1 saturated heterocycles. The molecule has 4 heteroatoms. The van der Waals surface area contributed by atoms with Gasteiger partial charge in [-0.05, 0) is 18.4 Å². The van der Waals surface area contributed by atoms with Crippen molar-refractivity contribution in [2.45, 2.75) is 31.4 Å². The zero-order chi connectivity index (χ0) is 13.0. The molecule has 1 fully saturated rings. The molecule has 4 nitrogen and oxygen atoms in total. The van der Waals surface area contributed by atoms with Crippen LogP contribution in [-0.4, -0.2) is 39.8 Å². The number of β-amino-alcohol motifs (C(OH)–C–C–N with tert-alkyl or cyclic N) is 1. The van der Waals surface area contributed by atoms with Crippen LogP contribution in [0.25, 0.3) is 0 Å². The fourth-order valence-electron chi connectivity index (χ4n) is 2.46. The average Bonchev–Trinajstić information content (AvgIpc) is 2.71. The first kappa shape index (κ1) is 13.1. The van der Waals surface area contributed by atoms with E-state index in [1.165, 1.54) is 5.56 Å². The highest BCUT2D eigenvalue weighted by atomic mass is 16.4. The molecule has 0 aliphatic carbocycles. The number of carboxylic acids is 1. The number of hydrogen-bond acceptors (Lipinski definition) is 3. The molecule has 1 unspecified atom stereocenters. The number of rotatable bonds is 5. The molecule has 2 rings (SSSR count). The quantitative estimate of drug-likeness (QED) is 0.830. The topological polar surface area (TPSA) is 60.8 Å². The molecular weight excluding hydrogens is 230 g/mol. The molecule has 1 aromatic carbocycles. The third-order valence-electron chi connectivity index (χ3n) is 3.46. The Bertz CT molecular complexity index is 407. The molecule has 1 aliphatic heterocycles. The summed E-state index contributed by atoms with van der Waals surface area (Å²) in [6.07, 6.45) is 1.04. The minimum Gasteiger partial charge on any atom is -0.481 e. The molecule has 0 bridgehead atoms. The smallest absolute Gasteiger partial charge is 0.303 e. The Labute approximate surface area is 107 Å². The first-order chi connectivity index (χ1) is 8.57. The van der Waals surface area contributed by atoms with Crippen LogP contribution in [0.2, 0.25) is 0 Å². The fraction of sp³-hybridized carbons (Fsp3) is 0.500. The fourth-order valence-corrected chi connectivity index (χ4v) is 2.46. The molecule has 1 aromatic rings. The van der Waals surface area contributed by atoms with Gasteiger partial charge in [-0.15, -0.1) is 0 Å². The van der Waals surface area contributed by atoms with Gasteiger partial charge in [-0.25, -0.2) is 0 Å². The molecule has 18 heavy (non-hydrogen) atoms. The summed E-state index contributed by atoms with van der Waals surface area (Å²) >= 11 is 0. The molecule has 0 saturated carbocycles. The van der Waals surface area contributed by atoms with Crippen LogP contribution in [0.1, 0.15) is 24.8 Å². The number of aliphatic carboxylic acids is 1. The summed E-state index contributed by atoms with van der Waals surface area (Å²) in [7, 11) is 0. The van der Waals surface area contributed by atoms with Gasteiger partial charge in [0.05, 0.1) is 5.60 Å². The average molecular weight is 249 g/mol. The predicted molar refractivity (Wildman–Crippen MR) is 68.2 cm³/mol. The van der Waals surface area contributed by atoms with Crippen molar-refractivity contribution >= 4 is 5.97 Å². The van der Waals surface area contributed by atoms with Gasteiger partial charge >= 0.3 is 5.97 Å². The Morgan fingerprint density at radius 1 is 1.33 bits per heavy atom. The van der Waals surface area contributed by atoms with Crippen LogP contribution >= 0.6 is 0 Å². The lowest BCUT2D eigenvalue weighted by molar-refractivity contribution is -0.138. The van der Waals surface area contributed by atoms with Crippen LogP contribution in [0, 0.1) is 0 Å². The van der Waals surface area contributed by atoms with E-state index in [0.29, 0.717) is 19.4 Å². The van der Waals surface area contributed by atoms with Crippen molar-refractivity contribution in [2.75, 3.05) is 13.1 Å². The summed E-state index contributed by atoms with van der Waals surface area (Å²) in [6.45, 7) is 2.20. The van der Waals surface area contributed by atoms with E-state index in [4.69, 9.17) is 5.11 Å². The molecule has 1 heterocycles. The van der Waals surface area contributed by atoms with E-state index in [1.807, 2.05) is 18.2 Å². The molecule has 2 N–H and O–H groups in total. The summed E-state index contributed by atoms with van der Waals surface area (Å²) in [6, 6.07) is 10.1.